The molecule has 1 aromatic heterocycles. The first-order valence-corrected chi connectivity index (χ1v) is 10.8. The second kappa shape index (κ2) is 8.80. The first kappa shape index (κ1) is 22.7. The lowest BCUT2D eigenvalue weighted by atomic mass is 9.87. The van der Waals surface area contributed by atoms with Crippen LogP contribution in [0.15, 0.2) is 54.7 Å². The zero-order valence-corrected chi connectivity index (χ0v) is 18.9. The molecule has 4 N–H and O–H groups in total. The topological polar surface area (TPSA) is 118 Å². The number of nitrogens with one attached hydrogen (secondary N) is 1. The van der Waals surface area contributed by atoms with Gasteiger partial charge in [-0.25, -0.2) is 4.98 Å². The molecule has 1 fully saturated rings. The number of morpholine rings is 1. The number of nitrogen functional groups attached to an aromatic ring is 1. The van der Waals surface area contributed by atoms with Gasteiger partial charge in [-0.15, -0.1) is 0 Å². The fourth-order valence-corrected chi connectivity index (χ4v) is 3.86. The molecule has 1 unspecified atom stereocenters. The van der Waals surface area contributed by atoms with Crippen LogP contribution >= 0.6 is 0 Å². The summed E-state index contributed by atoms with van der Waals surface area (Å²) in [6, 6.07) is 14.6. The molecule has 0 radical (unpaired) electrons. The van der Waals surface area contributed by atoms with E-state index in [2.05, 4.69) is 31.1 Å². The van der Waals surface area contributed by atoms with Gasteiger partial charge < -0.3 is 25.8 Å². The fourth-order valence-electron chi connectivity index (χ4n) is 3.86. The van der Waals surface area contributed by atoms with Gasteiger partial charge in [0.1, 0.15) is 5.82 Å². The lowest BCUT2D eigenvalue weighted by molar-refractivity contribution is -0.150. The summed E-state index contributed by atoms with van der Waals surface area (Å²) in [6.07, 6.45) is -1.37. The molecule has 2 aromatic carbocycles. The number of nitrogens with two attached hydrogens (primary N) is 1. The number of ether oxygens (including phenoxy) is 1. The molecule has 2 amide bonds. The number of carbonyl (C=O) groups is 2. The molecule has 1 aliphatic rings. The van der Waals surface area contributed by atoms with Crippen LogP contribution in [0.1, 0.15) is 26.3 Å². The normalized spacial score (nSPS) is 17.8. The summed E-state index contributed by atoms with van der Waals surface area (Å²) < 4.78 is 5.50. The van der Waals surface area contributed by atoms with Gasteiger partial charge in [-0.3, -0.25) is 9.59 Å². The predicted molar refractivity (Wildman–Crippen MR) is 128 cm³/mol. The zero-order chi connectivity index (χ0) is 23.8. The number of hydrogen-bond acceptors (Lipinski definition) is 6. The Hall–Kier alpha value is -3.49. The van der Waals surface area contributed by atoms with E-state index in [0.29, 0.717) is 23.7 Å². The maximum Gasteiger partial charge on any atom is 0.259 e. The molecule has 2 atom stereocenters. The van der Waals surface area contributed by atoms with Gasteiger partial charge in [0.2, 0.25) is 0 Å². The molecular formula is C25H28N4O4. The molecule has 0 bridgehead atoms. The van der Waals surface area contributed by atoms with E-state index in [1.165, 1.54) is 0 Å². The summed E-state index contributed by atoms with van der Waals surface area (Å²) in [5.41, 5.74) is 8.18. The summed E-state index contributed by atoms with van der Waals surface area (Å²) in [5, 5.41) is 14.8. The van der Waals surface area contributed by atoms with Crippen molar-refractivity contribution >= 4 is 39.8 Å². The highest BCUT2D eigenvalue weighted by Crippen LogP contribution is 2.27. The Bertz CT molecular complexity index is 1190. The average molecular weight is 449 g/mol. The van der Waals surface area contributed by atoms with Gasteiger partial charge in [-0.2, -0.15) is 0 Å². The molecule has 4 rings (SSSR count). The minimum atomic E-state index is -1.66. The molecule has 172 valence electrons. The Kier molecular flexibility index (Phi) is 6.05. The number of nitrogens with zero attached hydrogens (tertiary/aromatic N) is 2. The molecular weight excluding hydrogens is 420 g/mol. The van der Waals surface area contributed by atoms with Crippen LogP contribution in [0.2, 0.25) is 0 Å². The summed E-state index contributed by atoms with van der Waals surface area (Å²) in [6.45, 7) is 6.92. The van der Waals surface area contributed by atoms with Gasteiger partial charge in [0.05, 0.1) is 6.61 Å². The molecule has 8 nitrogen and oxygen atoms in total. The van der Waals surface area contributed by atoms with E-state index in [9.17, 15) is 14.7 Å². The number of aliphatic hydroxyl groups excluding tert-OH is 1. The Morgan fingerprint density at radius 2 is 1.94 bits per heavy atom. The van der Waals surface area contributed by atoms with Crippen molar-refractivity contribution in [3.05, 3.63) is 60.3 Å². The smallest absolute Gasteiger partial charge is 0.259 e. The molecule has 0 spiro atoms. The SMILES string of the molecule is CC(C)(C)c1ccc(N2CCOC([C@@H](O)C(=O)Nc3ccc4c(N)nccc4c3)C2=O)cc1. The lowest BCUT2D eigenvalue weighted by Gasteiger charge is -2.34. The number of anilines is 3. The number of hydrogen-bond donors (Lipinski definition) is 3. The van der Waals surface area contributed by atoms with Crippen molar-refractivity contribution in [3.8, 4) is 0 Å². The van der Waals surface area contributed by atoms with Gasteiger partial charge >= 0.3 is 0 Å². The van der Waals surface area contributed by atoms with E-state index < -0.39 is 24.0 Å². The van der Waals surface area contributed by atoms with Gasteiger partial charge in [0.15, 0.2) is 12.2 Å². The second-order valence-corrected chi connectivity index (χ2v) is 9.14. The van der Waals surface area contributed by atoms with Crippen LogP contribution in [0.3, 0.4) is 0 Å². The maximum absolute atomic E-state index is 13.1. The van der Waals surface area contributed by atoms with E-state index in [0.717, 1.165) is 16.3 Å². The van der Waals surface area contributed by atoms with Crippen molar-refractivity contribution in [2.45, 2.75) is 38.4 Å². The van der Waals surface area contributed by atoms with Crippen LogP contribution in [0, 0.1) is 0 Å². The molecule has 8 heteroatoms. The van der Waals surface area contributed by atoms with Gasteiger partial charge in [0, 0.05) is 29.5 Å². The molecule has 0 aliphatic carbocycles. The third-order valence-electron chi connectivity index (χ3n) is 5.78. The standard InChI is InChI=1S/C25H28N4O4/c1-25(2,3)16-4-7-18(8-5-16)29-12-13-33-21(24(29)32)20(30)23(31)28-17-6-9-19-15(14-17)10-11-27-22(19)26/h4-11,14,20-21,30H,12-13H2,1-3H3,(H2,26,27)(H,28,31)/t20-,21?/m1/s1. The van der Waals surface area contributed by atoms with E-state index in [1.54, 1.807) is 35.4 Å². The van der Waals surface area contributed by atoms with Crippen LogP contribution in [0.25, 0.3) is 10.8 Å². The van der Waals surface area contributed by atoms with Crippen molar-refractivity contribution in [2.24, 2.45) is 0 Å². The van der Waals surface area contributed by atoms with E-state index in [1.807, 2.05) is 24.3 Å². The number of amides is 2. The van der Waals surface area contributed by atoms with Crippen molar-refractivity contribution in [1.82, 2.24) is 4.98 Å². The first-order chi connectivity index (χ1) is 15.6. The minimum absolute atomic E-state index is 0.00460. The van der Waals surface area contributed by atoms with Crippen molar-refractivity contribution in [2.75, 3.05) is 29.1 Å². The molecule has 0 saturated carbocycles. The highest BCUT2D eigenvalue weighted by molar-refractivity contribution is 6.04. The summed E-state index contributed by atoms with van der Waals surface area (Å²) in [5.74, 6) is -0.785. The fraction of sp³-hybridized carbons (Fsp3) is 0.320. The number of fused-ring (bicyclic) bond motifs is 1. The van der Waals surface area contributed by atoms with Crippen molar-refractivity contribution < 1.29 is 19.4 Å². The quantitative estimate of drug-likeness (QED) is 0.565. The third-order valence-corrected chi connectivity index (χ3v) is 5.78. The summed E-state index contributed by atoms with van der Waals surface area (Å²) in [4.78, 5) is 31.3. The maximum atomic E-state index is 13.1. The largest absolute Gasteiger partial charge is 0.383 e. The molecule has 1 aliphatic heterocycles. The van der Waals surface area contributed by atoms with Crippen LogP contribution in [0.4, 0.5) is 17.2 Å². The van der Waals surface area contributed by atoms with Crippen molar-refractivity contribution in [1.29, 1.82) is 0 Å². The van der Waals surface area contributed by atoms with Crippen LogP contribution in [-0.2, 0) is 19.7 Å². The Labute approximate surface area is 192 Å². The molecule has 3 aromatic rings. The first-order valence-electron chi connectivity index (χ1n) is 10.8. The number of carbonyl (C=O) groups excluding carboxylic acids is 2. The lowest BCUT2D eigenvalue weighted by Crippen LogP contribution is -2.55. The molecule has 2 heterocycles. The van der Waals surface area contributed by atoms with Crippen LogP contribution in [0.5, 0.6) is 0 Å². The molecule has 1 saturated heterocycles. The summed E-state index contributed by atoms with van der Waals surface area (Å²) >= 11 is 0. The van der Waals surface area contributed by atoms with Gasteiger partial charge in [0.25, 0.3) is 11.8 Å². The zero-order valence-electron chi connectivity index (χ0n) is 18.9. The van der Waals surface area contributed by atoms with Crippen LogP contribution in [-0.4, -0.2) is 47.3 Å². The number of pyridine rings is 1. The third kappa shape index (κ3) is 4.67. The second-order valence-electron chi connectivity index (χ2n) is 9.14. The monoisotopic (exact) mass is 448 g/mol. The average Bonchev–Trinajstić information content (AvgIpc) is 2.78. The Morgan fingerprint density at radius 3 is 2.64 bits per heavy atom. The minimum Gasteiger partial charge on any atom is -0.383 e. The number of aliphatic hydroxyl groups is 1. The van der Waals surface area contributed by atoms with Crippen molar-refractivity contribution in [3.63, 3.8) is 0 Å². The van der Waals surface area contributed by atoms with E-state index in [4.69, 9.17) is 10.5 Å². The molecule has 33 heavy (non-hydrogen) atoms. The highest BCUT2D eigenvalue weighted by atomic mass is 16.5. The van der Waals surface area contributed by atoms with E-state index in [-0.39, 0.29) is 12.0 Å². The van der Waals surface area contributed by atoms with Gasteiger partial charge in [-0.05, 0) is 52.8 Å². The number of rotatable bonds is 4. The Morgan fingerprint density at radius 1 is 1.21 bits per heavy atom. The highest BCUT2D eigenvalue weighted by Gasteiger charge is 2.39. The van der Waals surface area contributed by atoms with Gasteiger partial charge in [-0.1, -0.05) is 32.9 Å². The number of aromatic nitrogens is 1. The Balaban J connectivity index is 1.47. The number of benzene rings is 2. The summed E-state index contributed by atoms with van der Waals surface area (Å²) in [7, 11) is 0. The van der Waals surface area contributed by atoms with E-state index >= 15 is 0 Å². The predicted octanol–water partition coefficient (Wildman–Crippen LogP) is 2.85. The van der Waals surface area contributed by atoms with Crippen LogP contribution < -0.4 is 16.0 Å².